The molecule has 0 aromatic heterocycles. The fourth-order valence-electron chi connectivity index (χ4n) is 1.61. The second kappa shape index (κ2) is 6.74. The Balaban J connectivity index is 2.48. The number of hydrogen-bond donors (Lipinski definition) is 2. The van der Waals surface area contributed by atoms with E-state index in [9.17, 15) is 0 Å². The Morgan fingerprint density at radius 3 is 2.76 bits per heavy atom. The van der Waals surface area contributed by atoms with Gasteiger partial charge in [0.2, 0.25) is 0 Å². The molecular formula is C13H19BrClNO. The summed E-state index contributed by atoms with van der Waals surface area (Å²) in [7, 11) is 0. The van der Waals surface area contributed by atoms with Gasteiger partial charge >= 0.3 is 0 Å². The number of hydrogen-bond acceptors (Lipinski definition) is 2. The molecule has 0 aliphatic rings. The molecule has 96 valence electrons. The van der Waals surface area contributed by atoms with Crippen molar-refractivity contribution < 1.29 is 5.11 Å². The highest BCUT2D eigenvalue weighted by Gasteiger charge is 2.16. The molecular weight excluding hydrogens is 302 g/mol. The Hall–Kier alpha value is -0.0900. The molecule has 2 N–H and O–H groups in total. The summed E-state index contributed by atoms with van der Waals surface area (Å²) in [5.41, 5.74) is 1.19. The molecule has 0 amide bonds. The standard InChI is InChI=1S/C13H19BrClNO/c1-13(2,5-6-17)9-16-8-10-7-11(14)3-4-12(10)15/h3-4,7,16-17H,5-6,8-9H2,1-2H3. The Kier molecular flexibility index (Phi) is 5.93. The third-order valence-corrected chi connectivity index (χ3v) is 3.58. The molecule has 0 saturated carbocycles. The molecule has 0 atom stereocenters. The van der Waals surface area contributed by atoms with Gasteiger partial charge in [0.25, 0.3) is 0 Å². The maximum absolute atomic E-state index is 8.94. The van der Waals surface area contributed by atoms with Crippen molar-refractivity contribution in [2.45, 2.75) is 26.8 Å². The second-order valence-electron chi connectivity index (χ2n) is 4.98. The lowest BCUT2D eigenvalue weighted by atomic mass is 9.90. The average molecular weight is 321 g/mol. The molecule has 0 heterocycles. The third kappa shape index (κ3) is 5.38. The highest BCUT2D eigenvalue weighted by atomic mass is 79.9. The lowest BCUT2D eigenvalue weighted by Gasteiger charge is -2.24. The Bertz CT molecular complexity index is 368. The van der Waals surface area contributed by atoms with Crippen LogP contribution in [0.2, 0.25) is 5.02 Å². The maximum Gasteiger partial charge on any atom is 0.0451 e. The number of halogens is 2. The SMILES string of the molecule is CC(C)(CCO)CNCc1cc(Br)ccc1Cl. The number of rotatable bonds is 6. The van der Waals surface area contributed by atoms with E-state index >= 15 is 0 Å². The first kappa shape index (κ1) is 15.0. The van der Waals surface area contributed by atoms with Crippen LogP contribution in [-0.4, -0.2) is 18.3 Å². The zero-order chi connectivity index (χ0) is 12.9. The van der Waals surface area contributed by atoms with Gasteiger partial charge in [-0.2, -0.15) is 0 Å². The molecule has 17 heavy (non-hydrogen) atoms. The molecule has 2 nitrogen and oxygen atoms in total. The summed E-state index contributed by atoms with van der Waals surface area (Å²) in [6.45, 7) is 6.10. The number of nitrogens with one attached hydrogen (secondary N) is 1. The van der Waals surface area contributed by atoms with E-state index in [0.29, 0.717) is 0 Å². The van der Waals surface area contributed by atoms with Crippen molar-refractivity contribution in [3.63, 3.8) is 0 Å². The van der Waals surface area contributed by atoms with Crippen LogP contribution in [-0.2, 0) is 6.54 Å². The van der Waals surface area contributed by atoms with Crippen molar-refractivity contribution in [3.05, 3.63) is 33.3 Å². The highest BCUT2D eigenvalue weighted by Crippen LogP contribution is 2.22. The van der Waals surface area contributed by atoms with Gasteiger partial charge in [0.1, 0.15) is 0 Å². The van der Waals surface area contributed by atoms with Crippen LogP contribution in [0.3, 0.4) is 0 Å². The lowest BCUT2D eigenvalue weighted by Crippen LogP contribution is -2.29. The molecule has 0 fully saturated rings. The van der Waals surface area contributed by atoms with Crippen LogP contribution in [0.4, 0.5) is 0 Å². The maximum atomic E-state index is 8.94. The molecule has 0 aliphatic heterocycles. The predicted molar refractivity (Wildman–Crippen MR) is 76.3 cm³/mol. The first-order valence-corrected chi connectivity index (χ1v) is 6.87. The molecule has 0 spiro atoms. The molecule has 0 radical (unpaired) electrons. The Labute approximate surface area is 117 Å². The van der Waals surface area contributed by atoms with Gasteiger partial charge in [0.05, 0.1) is 0 Å². The zero-order valence-corrected chi connectivity index (χ0v) is 12.6. The van der Waals surface area contributed by atoms with Crippen molar-refractivity contribution in [2.75, 3.05) is 13.2 Å². The van der Waals surface area contributed by atoms with Gasteiger partial charge in [-0.05, 0) is 35.6 Å². The van der Waals surface area contributed by atoms with Crippen LogP contribution in [0, 0.1) is 5.41 Å². The van der Waals surface area contributed by atoms with Gasteiger partial charge < -0.3 is 10.4 Å². The zero-order valence-electron chi connectivity index (χ0n) is 10.3. The molecule has 1 rings (SSSR count). The molecule has 0 bridgehead atoms. The van der Waals surface area contributed by atoms with Gasteiger partial charge in [-0.3, -0.25) is 0 Å². The third-order valence-electron chi connectivity index (χ3n) is 2.72. The summed E-state index contributed by atoms with van der Waals surface area (Å²) in [6.07, 6.45) is 0.798. The summed E-state index contributed by atoms with van der Waals surface area (Å²) < 4.78 is 1.04. The van der Waals surface area contributed by atoms with Crippen molar-refractivity contribution in [2.24, 2.45) is 5.41 Å². The monoisotopic (exact) mass is 319 g/mol. The minimum Gasteiger partial charge on any atom is -0.396 e. The van der Waals surface area contributed by atoms with E-state index < -0.39 is 0 Å². The fraction of sp³-hybridized carbons (Fsp3) is 0.538. The van der Waals surface area contributed by atoms with Crippen molar-refractivity contribution in [1.29, 1.82) is 0 Å². The summed E-state index contributed by atoms with van der Waals surface area (Å²) in [4.78, 5) is 0. The predicted octanol–water partition coefficient (Wildman–Crippen LogP) is 3.60. The smallest absolute Gasteiger partial charge is 0.0451 e. The minimum atomic E-state index is 0.104. The van der Waals surface area contributed by atoms with Crippen LogP contribution < -0.4 is 5.32 Å². The van der Waals surface area contributed by atoms with E-state index in [2.05, 4.69) is 35.1 Å². The van der Waals surface area contributed by atoms with E-state index in [1.54, 1.807) is 0 Å². The molecule has 0 aliphatic carbocycles. The number of benzene rings is 1. The summed E-state index contributed by atoms with van der Waals surface area (Å²) in [5, 5.41) is 13.1. The second-order valence-corrected chi connectivity index (χ2v) is 6.30. The average Bonchev–Trinajstić information content (AvgIpc) is 2.23. The van der Waals surface area contributed by atoms with Gasteiger partial charge in [0, 0.05) is 29.2 Å². The van der Waals surface area contributed by atoms with E-state index in [1.165, 1.54) is 0 Å². The van der Waals surface area contributed by atoms with Crippen molar-refractivity contribution in [3.8, 4) is 0 Å². The quantitative estimate of drug-likeness (QED) is 0.839. The molecule has 0 unspecified atom stereocenters. The molecule has 4 heteroatoms. The Morgan fingerprint density at radius 1 is 1.41 bits per heavy atom. The lowest BCUT2D eigenvalue weighted by molar-refractivity contribution is 0.207. The van der Waals surface area contributed by atoms with E-state index in [-0.39, 0.29) is 12.0 Å². The van der Waals surface area contributed by atoms with Crippen molar-refractivity contribution >= 4 is 27.5 Å². The summed E-state index contributed by atoms with van der Waals surface area (Å²) >= 11 is 9.54. The van der Waals surface area contributed by atoms with Crippen LogP contribution in [0.15, 0.2) is 22.7 Å². The van der Waals surface area contributed by atoms with E-state index in [1.807, 2.05) is 18.2 Å². The summed E-state index contributed by atoms with van der Waals surface area (Å²) in [5.74, 6) is 0. The van der Waals surface area contributed by atoms with Gasteiger partial charge in [-0.1, -0.05) is 41.4 Å². The van der Waals surface area contributed by atoms with Gasteiger partial charge in [-0.25, -0.2) is 0 Å². The van der Waals surface area contributed by atoms with Crippen molar-refractivity contribution in [1.82, 2.24) is 5.32 Å². The molecule has 1 aromatic rings. The van der Waals surface area contributed by atoms with E-state index in [4.69, 9.17) is 16.7 Å². The summed E-state index contributed by atoms with van der Waals surface area (Å²) in [6, 6.07) is 5.84. The number of aliphatic hydroxyl groups is 1. The highest BCUT2D eigenvalue weighted by molar-refractivity contribution is 9.10. The van der Waals surface area contributed by atoms with Gasteiger partial charge in [-0.15, -0.1) is 0 Å². The first-order valence-electron chi connectivity index (χ1n) is 5.70. The fourth-order valence-corrected chi connectivity index (χ4v) is 2.20. The Morgan fingerprint density at radius 2 is 2.12 bits per heavy atom. The molecule has 1 aromatic carbocycles. The molecule has 0 saturated heterocycles. The largest absolute Gasteiger partial charge is 0.396 e. The van der Waals surface area contributed by atoms with Crippen LogP contribution >= 0.6 is 27.5 Å². The normalized spacial score (nSPS) is 11.8. The van der Waals surface area contributed by atoms with Crippen LogP contribution in [0.1, 0.15) is 25.8 Å². The topological polar surface area (TPSA) is 32.3 Å². The van der Waals surface area contributed by atoms with Gasteiger partial charge in [0.15, 0.2) is 0 Å². The van der Waals surface area contributed by atoms with Crippen LogP contribution in [0.25, 0.3) is 0 Å². The van der Waals surface area contributed by atoms with Crippen LogP contribution in [0.5, 0.6) is 0 Å². The first-order chi connectivity index (χ1) is 7.94. The number of aliphatic hydroxyl groups excluding tert-OH is 1. The minimum absolute atomic E-state index is 0.104. The van der Waals surface area contributed by atoms with E-state index in [0.717, 1.165) is 34.6 Å².